The highest BCUT2D eigenvalue weighted by atomic mass is 79.9. The van der Waals surface area contributed by atoms with Crippen molar-refractivity contribution in [1.82, 2.24) is 0 Å². The molecule has 2 aromatic rings. The summed E-state index contributed by atoms with van der Waals surface area (Å²) in [4.78, 5) is 14.4. The minimum Gasteiger partial charge on any atom is -0.493 e. The molecule has 1 aliphatic rings. The Morgan fingerprint density at radius 3 is 2.65 bits per heavy atom. The zero-order valence-electron chi connectivity index (χ0n) is 13.3. The van der Waals surface area contributed by atoms with Gasteiger partial charge in [-0.15, -0.1) is 0 Å². The summed E-state index contributed by atoms with van der Waals surface area (Å²) in [6.45, 7) is 0. The van der Waals surface area contributed by atoms with Gasteiger partial charge in [0.1, 0.15) is 0 Å². The van der Waals surface area contributed by atoms with Gasteiger partial charge < -0.3 is 14.4 Å². The standard InChI is InChI=1S/C18H18BrNO3/c1-20-15-8-7-12(19)10-13(15)14(18(20)21)9-11-5-4-6-16(22-2)17(11)23-3/h4-8,10,14H,9H2,1-3H3/t14-/m0/s1. The van der Waals surface area contributed by atoms with E-state index in [0.29, 0.717) is 17.9 Å². The second-order valence-corrected chi connectivity index (χ2v) is 6.43. The predicted octanol–water partition coefficient (Wildman–Crippen LogP) is 3.77. The number of hydrogen-bond donors (Lipinski definition) is 0. The average Bonchev–Trinajstić information content (AvgIpc) is 2.79. The van der Waals surface area contributed by atoms with Gasteiger partial charge in [-0.25, -0.2) is 0 Å². The molecule has 0 saturated carbocycles. The van der Waals surface area contributed by atoms with Crippen molar-refractivity contribution in [3.05, 3.63) is 52.0 Å². The number of rotatable bonds is 4. The molecule has 0 spiro atoms. The lowest BCUT2D eigenvalue weighted by Crippen LogP contribution is -2.25. The maximum atomic E-state index is 12.7. The van der Waals surface area contributed by atoms with Crippen LogP contribution in [0, 0.1) is 0 Å². The number of anilines is 1. The van der Waals surface area contributed by atoms with Gasteiger partial charge in [0.25, 0.3) is 0 Å². The number of amides is 1. The van der Waals surface area contributed by atoms with Crippen LogP contribution < -0.4 is 14.4 Å². The van der Waals surface area contributed by atoms with Crippen molar-refractivity contribution in [2.24, 2.45) is 0 Å². The minimum atomic E-state index is -0.214. The smallest absolute Gasteiger partial charge is 0.234 e. The average molecular weight is 376 g/mol. The molecule has 0 N–H and O–H groups in total. The van der Waals surface area contributed by atoms with E-state index in [1.807, 2.05) is 43.4 Å². The molecule has 23 heavy (non-hydrogen) atoms. The van der Waals surface area contributed by atoms with Crippen LogP contribution in [0.1, 0.15) is 17.0 Å². The van der Waals surface area contributed by atoms with E-state index in [4.69, 9.17) is 9.47 Å². The predicted molar refractivity (Wildman–Crippen MR) is 93.5 cm³/mol. The Morgan fingerprint density at radius 1 is 1.17 bits per heavy atom. The Bertz CT molecular complexity index is 760. The summed E-state index contributed by atoms with van der Waals surface area (Å²) >= 11 is 3.49. The summed E-state index contributed by atoms with van der Waals surface area (Å²) in [5, 5.41) is 0. The van der Waals surface area contributed by atoms with Crippen molar-refractivity contribution < 1.29 is 14.3 Å². The monoisotopic (exact) mass is 375 g/mol. The molecular weight excluding hydrogens is 358 g/mol. The van der Waals surface area contributed by atoms with E-state index in [0.717, 1.165) is 21.3 Å². The van der Waals surface area contributed by atoms with E-state index in [2.05, 4.69) is 15.9 Å². The van der Waals surface area contributed by atoms with Gasteiger partial charge in [0.05, 0.1) is 20.1 Å². The zero-order chi connectivity index (χ0) is 16.6. The second-order valence-electron chi connectivity index (χ2n) is 5.51. The van der Waals surface area contributed by atoms with Crippen LogP contribution in [0.25, 0.3) is 0 Å². The number of hydrogen-bond acceptors (Lipinski definition) is 3. The molecule has 1 amide bonds. The molecule has 0 saturated heterocycles. The first-order valence-corrected chi connectivity index (χ1v) is 8.13. The third-order valence-electron chi connectivity index (χ3n) is 4.26. The molecular formula is C18H18BrNO3. The van der Waals surface area contributed by atoms with E-state index in [9.17, 15) is 4.79 Å². The number of likely N-dealkylation sites (N-methyl/N-ethyl adjacent to an activating group) is 1. The highest BCUT2D eigenvalue weighted by molar-refractivity contribution is 9.10. The van der Waals surface area contributed by atoms with E-state index in [1.54, 1.807) is 19.1 Å². The van der Waals surface area contributed by atoms with Crippen molar-refractivity contribution in [3.8, 4) is 11.5 Å². The van der Waals surface area contributed by atoms with Crippen LogP contribution in [0.15, 0.2) is 40.9 Å². The SMILES string of the molecule is COc1cccc(C[C@@H]2C(=O)N(C)c3ccc(Br)cc32)c1OC. The first-order chi connectivity index (χ1) is 11.1. The molecule has 0 unspecified atom stereocenters. The molecule has 0 radical (unpaired) electrons. The van der Waals surface area contributed by atoms with Gasteiger partial charge in [0, 0.05) is 17.2 Å². The van der Waals surface area contributed by atoms with Crippen LogP contribution in [0.4, 0.5) is 5.69 Å². The normalized spacial score (nSPS) is 16.4. The van der Waals surface area contributed by atoms with Crippen LogP contribution in [-0.4, -0.2) is 27.2 Å². The fourth-order valence-electron chi connectivity index (χ4n) is 3.13. The van der Waals surface area contributed by atoms with E-state index in [1.165, 1.54) is 0 Å². The summed E-state index contributed by atoms with van der Waals surface area (Å²) < 4.78 is 11.8. The zero-order valence-corrected chi connectivity index (χ0v) is 14.9. The number of para-hydroxylation sites is 1. The van der Waals surface area contributed by atoms with Crippen molar-refractivity contribution in [1.29, 1.82) is 0 Å². The van der Waals surface area contributed by atoms with E-state index >= 15 is 0 Å². The van der Waals surface area contributed by atoms with Crippen molar-refractivity contribution in [3.63, 3.8) is 0 Å². The molecule has 120 valence electrons. The number of methoxy groups -OCH3 is 2. The minimum absolute atomic E-state index is 0.1000. The third-order valence-corrected chi connectivity index (χ3v) is 4.76. The lowest BCUT2D eigenvalue weighted by Gasteiger charge is -2.15. The number of carbonyl (C=O) groups is 1. The third kappa shape index (κ3) is 2.70. The van der Waals surface area contributed by atoms with Crippen molar-refractivity contribution in [2.45, 2.75) is 12.3 Å². The van der Waals surface area contributed by atoms with Crippen LogP contribution in [-0.2, 0) is 11.2 Å². The quantitative estimate of drug-likeness (QED) is 0.816. The van der Waals surface area contributed by atoms with Gasteiger partial charge in [0.15, 0.2) is 11.5 Å². The van der Waals surface area contributed by atoms with Crippen LogP contribution in [0.2, 0.25) is 0 Å². The number of ether oxygens (including phenoxy) is 2. The topological polar surface area (TPSA) is 38.8 Å². The first kappa shape index (κ1) is 15.9. The largest absolute Gasteiger partial charge is 0.493 e. The van der Waals surface area contributed by atoms with Gasteiger partial charge in [0.2, 0.25) is 5.91 Å². The van der Waals surface area contributed by atoms with Crippen molar-refractivity contribution in [2.75, 3.05) is 26.2 Å². The summed E-state index contributed by atoms with van der Waals surface area (Å²) in [5.41, 5.74) is 2.97. The maximum Gasteiger partial charge on any atom is 0.234 e. The number of fused-ring (bicyclic) bond motifs is 1. The second kappa shape index (κ2) is 6.24. The summed E-state index contributed by atoms with van der Waals surface area (Å²) in [7, 11) is 5.05. The van der Waals surface area contributed by atoms with E-state index in [-0.39, 0.29) is 11.8 Å². The molecule has 1 atom stereocenters. The van der Waals surface area contributed by atoms with Crippen LogP contribution >= 0.6 is 15.9 Å². The van der Waals surface area contributed by atoms with Gasteiger partial charge in [-0.05, 0) is 41.8 Å². The number of carbonyl (C=O) groups excluding carboxylic acids is 1. The molecule has 0 aromatic heterocycles. The molecule has 0 aliphatic carbocycles. The number of benzene rings is 2. The highest BCUT2D eigenvalue weighted by Gasteiger charge is 2.35. The Labute approximate surface area is 144 Å². The highest BCUT2D eigenvalue weighted by Crippen LogP contribution is 2.42. The lowest BCUT2D eigenvalue weighted by atomic mass is 9.92. The first-order valence-electron chi connectivity index (χ1n) is 7.33. The van der Waals surface area contributed by atoms with Gasteiger partial charge in [-0.2, -0.15) is 0 Å². The molecule has 3 rings (SSSR count). The molecule has 1 aliphatic heterocycles. The van der Waals surface area contributed by atoms with Crippen LogP contribution in [0.5, 0.6) is 11.5 Å². The number of halogens is 1. The molecule has 4 nitrogen and oxygen atoms in total. The molecule has 0 fully saturated rings. The Balaban J connectivity index is 2.02. The van der Waals surface area contributed by atoms with Gasteiger partial charge in [-0.1, -0.05) is 28.1 Å². The van der Waals surface area contributed by atoms with Gasteiger partial charge in [-0.3, -0.25) is 4.79 Å². The molecule has 1 heterocycles. The molecule has 2 aromatic carbocycles. The Morgan fingerprint density at radius 2 is 1.96 bits per heavy atom. The van der Waals surface area contributed by atoms with E-state index < -0.39 is 0 Å². The number of nitrogens with zero attached hydrogens (tertiary/aromatic N) is 1. The van der Waals surface area contributed by atoms with Crippen LogP contribution in [0.3, 0.4) is 0 Å². The fraction of sp³-hybridized carbons (Fsp3) is 0.278. The maximum absolute atomic E-state index is 12.7. The lowest BCUT2D eigenvalue weighted by molar-refractivity contribution is -0.119. The summed E-state index contributed by atoms with van der Waals surface area (Å²) in [5.74, 6) is 1.25. The fourth-order valence-corrected chi connectivity index (χ4v) is 3.51. The van der Waals surface area contributed by atoms with Crippen molar-refractivity contribution >= 4 is 27.5 Å². The van der Waals surface area contributed by atoms with Gasteiger partial charge >= 0.3 is 0 Å². The molecule has 5 heteroatoms. The Hall–Kier alpha value is -2.01. The molecule has 0 bridgehead atoms. The Kier molecular flexibility index (Phi) is 4.31. The summed E-state index contributed by atoms with van der Waals surface area (Å²) in [6.07, 6.45) is 0.576. The summed E-state index contributed by atoms with van der Waals surface area (Å²) in [6, 6.07) is 11.7.